The average molecular weight is 422 g/mol. The summed E-state index contributed by atoms with van der Waals surface area (Å²) in [6.45, 7) is 0.492. The zero-order valence-electron chi connectivity index (χ0n) is 16.4. The van der Waals surface area contributed by atoms with E-state index in [1.807, 2.05) is 24.3 Å². The summed E-state index contributed by atoms with van der Waals surface area (Å²) in [7, 11) is 1.61. The Labute approximate surface area is 177 Å². The highest BCUT2D eigenvalue weighted by atomic mass is 16.6. The summed E-state index contributed by atoms with van der Waals surface area (Å²) >= 11 is 0. The van der Waals surface area contributed by atoms with E-state index in [1.165, 1.54) is 6.07 Å². The zero-order chi connectivity index (χ0) is 22.2. The summed E-state index contributed by atoms with van der Waals surface area (Å²) in [6, 6.07) is 17.5. The third-order valence-electron chi connectivity index (χ3n) is 4.22. The van der Waals surface area contributed by atoms with Crippen LogP contribution in [0.3, 0.4) is 0 Å². The Kier molecular flexibility index (Phi) is 6.74. The lowest BCUT2D eigenvalue weighted by Gasteiger charge is -2.07. The van der Waals surface area contributed by atoms with Gasteiger partial charge in [0.1, 0.15) is 11.5 Å². The number of para-hydroxylation sites is 1. The van der Waals surface area contributed by atoms with Crippen molar-refractivity contribution in [2.45, 2.75) is 6.54 Å². The Balaban J connectivity index is 1.63. The number of methoxy groups -OCH3 is 1. The van der Waals surface area contributed by atoms with Gasteiger partial charge in [0.25, 0.3) is 5.69 Å². The van der Waals surface area contributed by atoms with Gasteiger partial charge in [0.05, 0.1) is 35.8 Å². The first-order valence-electron chi connectivity index (χ1n) is 9.06. The van der Waals surface area contributed by atoms with Crippen LogP contribution in [-0.4, -0.2) is 23.2 Å². The van der Waals surface area contributed by atoms with Gasteiger partial charge >= 0.3 is 5.69 Å². The normalized spacial score (nSPS) is 10.6. The average Bonchev–Trinajstić information content (AvgIpc) is 2.78. The number of benzene rings is 3. The third-order valence-corrected chi connectivity index (χ3v) is 4.22. The number of hydrazone groups is 1. The Morgan fingerprint density at radius 3 is 2.39 bits per heavy atom. The zero-order valence-corrected chi connectivity index (χ0v) is 16.4. The molecule has 31 heavy (non-hydrogen) atoms. The van der Waals surface area contributed by atoms with E-state index in [-0.39, 0.29) is 11.4 Å². The Morgan fingerprint density at radius 2 is 1.71 bits per heavy atom. The number of nitrogens with one attached hydrogen (secondary N) is 1. The van der Waals surface area contributed by atoms with Crippen LogP contribution >= 0.6 is 0 Å². The van der Waals surface area contributed by atoms with Crippen LogP contribution in [0, 0.1) is 20.2 Å². The molecule has 0 aromatic heterocycles. The van der Waals surface area contributed by atoms with Crippen molar-refractivity contribution in [3.8, 4) is 17.2 Å². The maximum Gasteiger partial charge on any atom is 0.318 e. The maximum absolute atomic E-state index is 11.2. The molecule has 3 aromatic rings. The predicted molar refractivity (Wildman–Crippen MR) is 114 cm³/mol. The minimum Gasteiger partial charge on any atom is -0.496 e. The van der Waals surface area contributed by atoms with Crippen molar-refractivity contribution in [2.24, 2.45) is 5.10 Å². The van der Waals surface area contributed by atoms with Crippen molar-refractivity contribution < 1.29 is 19.3 Å². The summed E-state index contributed by atoms with van der Waals surface area (Å²) in [4.78, 5) is 20.6. The lowest BCUT2D eigenvalue weighted by Crippen LogP contribution is -2.06. The molecule has 0 aliphatic rings. The van der Waals surface area contributed by atoms with Crippen LogP contribution in [0.1, 0.15) is 11.1 Å². The third kappa shape index (κ3) is 5.54. The van der Waals surface area contributed by atoms with Crippen molar-refractivity contribution in [1.82, 2.24) is 5.43 Å². The van der Waals surface area contributed by atoms with Crippen LogP contribution in [0.25, 0.3) is 0 Å². The van der Waals surface area contributed by atoms with E-state index in [2.05, 4.69) is 10.5 Å². The van der Waals surface area contributed by atoms with E-state index in [9.17, 15) is 20.2 Å². The molecule has 0 bridgehead atoms. The summed E-state index contributed by atoms with van der Waals surface area (Å²) in [5.74, 6) is 1.03. The van der Waals surface area contributed by atoms with Gasteiger partial charge < -0.3 is 14.9 Å². The van der Waals surface area contributed by atoms with E-state index in [0.717, 1.165) is 29.0 Å². The number of rotatable bonds is 9. The van der Waals surface area contributed by atoms with Gasteiger partial charge in [-0.05, 0) is 42.0 Å². The quantitative estimate of drug-likeness (QED) is 0.307. The van der Waals surface area contributed by atoms with E-state index in [1.54, 1.807) is 37.6 Å². The van der Waals surface area contributed by atoms with Crippen LogP contribution in [0.4, 0.5) is 11.4 Å². The first-order chi connectivity index (χ1) is 15.0. The fraction of sp³-hybridized carbons (Fsp3) is 0.0952. The Hall–Kier alpha value is -4.47. The van der Waals surface area contributed by atoms with E-state index in [4.69, 9.17) is 9.47 Å². The second-order valence-electron chi connectivity index (χ2n) is 6.24. The first-order valence-corrected chi connectivity index (χ1v) is 9.06. The second-order valence-corrected chi connectivity index (χ2v) is 6.24. The van der Waals surface area contributed by atoms with Crippen molar-refractivity contribution in [1.29, 1.82) is 0 Å². The smallest absolute Gasteiger partial charge is 0.318 e. The van der Waals surface area contributed by atoms with Crippen LogP contribution in [0.2, 0.25) is 0 Å². The molecule has 0 atom stereocenters. The minimum atomic E-state index is -0.725. The summed E-state index contributed by atoms with van der Waals surface area (Å²) < 4.78 is 10.8. The summed E-state index contributed by atoms with van der Waals surface area (Å²) in [6.07, 6.45) is 1.62. The molecular formula is C21H18N4O6. The number of nitrogens with zero attached hydrogens (tertiary/aromatic N) is 3. The minimum absolute atomic E-state index is 0.0875. The molecule has 0 spiro atoms. The van der Waals surface area contributed by atoms with Gasteiger partial charge in [-0.15, -0.1) is 0 Å². The molecule has 158 valence electrons. The molecular weight excluding hydrogens is 404 g/mol. The Morgan fingerprint density at radius 1 is 0.968 bits per heavy atom. The lowest BCUT2D eigenvalue weighted by molar-refractivity contribution is -0.394. The molecule has 10 heteroatoms. The molecule has 0 aliphatic heterocycles. The lowest BCUT2D eigenvalue weighted by atomic mass is 10.2. The van der Waals surface area contributed by atoms with Gasteiger partial charge in [0.15, 0.2) is 0 Å². The topological polar surface area (TPSA) is 129 Å². The predicted octanol–water partition coefficient (Wildman–Crippen LogP) is 4.43. The van der Waals surface area contributed by atoms with Crippen LogP contribution in [0.15, 0.2) is 71.8 Å². The van der Waals surface area contributed by atoms with E-state index >= 15 is 0 Å². The Bertz CT molecular complexity index is 1120. The molecule has 1 N–H and O–H groups in total. The van der Waals surface area contributed by atoms with E-state index < -0.39 is 15.5 Å². The molecule has 0 saturated carbocycles. The van der Waals surface area contributed by atoms with Crippen molar-refractivity contribution >= 4 is 17.6 Å². The monoisotopic (exact) mass is 422 g/mol. The molecule has 0 aliphatic carbocycles. The van der Waals surface area contributed by atoms with Gasteiger partial charge in [-0.3, -0.25) is 20.2 Å². The highest BCUT2D eigenvalue weighted by Crippen LogP contribution is 2.34. The largest absolute Gasteiger partial charge is 0.496 e. The molecule has 0 amide bonds. The van der Waals surface area contributed by atoms with Gasteiger partial charge in [-0.1, -0.05) is 18.2 Å². The standard InChI is InChI=1S/C21H18N4O6/c1-30-20-5-3-2-4-16(20)14-23-22-13-15-6-9-18(10-7-15)31-21-11-8-17(24(26)27)12-19(21)25(28)29/h2-13,23H,14H2,1H3/b22-13-. The molecule has 3 rings (SSSR count). The summed E-state index contributed by atoms with van der Waals surface area (Å²) in [5.41, 5.74) is 3.82. The highest BCUT2D eigenvalue weighted by Gasteiger charge is 2.21. The first kappa shape index (κ1) is 21.2. The molecule has 10 nitrogen and oxygen atoms in total. The maximum atomic E-state index is 11.2. The van der Waals surface area contributed by atoms with Gasteiger partial charge in [0.2, 0.25) is 5.75 Å². The molecule has 0 saturated heterocycles. The van der Waals surface area contributed by atoms with Crippen molar-refractivity contribution in [2.75, 3.05) is 7.11 Å². The number of hydrogen-bond donors (Lipinski definition) is 1. The molecule has 3 aromatic carbocycles. The van der Waals surface area contributed by atoms with Crippen LogP contribution in [-0.2, 0) is 6.54 Å². The molecule has 0 radical (unpaired) electrons. The number of non-ortho nitro benzene ring substituents is 1. The fourth-order valence-corrected chi connectivity index (χ4v) is 2.70. The van der Waals surface area contributed by atoms with Gasteiger partial charge in [0, 0.05) is 11.6 Å². The highest BCUT2D eigenvalue weighted by molar-refractivity contribution is 5.79. The molecule has 0 unspecified atom stereocenters. The second kappa shape index (κ2) is 9.83. The SMILES string of the molecule is COc1ccccc1CN/N=C\c1ccc(Oc2ccc([N+](=O)[O-])cc2[N+](=O)[O-])cc1. The van der Waals surface area contributed by atoms with Gasteiger partial charge in [-0.25, -0.2) is 0 Å². The molecule has 0 fully saturated rings. The number of hydrogen-bond acceptors (Lipinski definition) is 8. The van der Waals surface area contributed by atoms with Crippen LogP contribution in [0.5, 0.6) is 17.2 Å². The van der Waals surface area contributed by atoms with Crippen molar-refractivity contribution in [3.63, 3.8) is 0 Å². The summed E-state index contributed by atoms with van der Waals surface area (Å²) in [5, 5.41) is 26.2. The van der Waals surface area contributed by atoms with E-state index in [0.29, 0.717) is 12.3 Å². The van der Waals surface area contributed by atoms with Crippen molar-refractivity contribution in [3.05, 3.63) is 98.1 Å². The molecule has 0 heterocycles. The number of nitro benzene ring substituents is 2. The number of ether oxygens (including phenoxy) is 2. The fourth-order valence-electron chi connectivity index (χ4n) is 2.70. The van der Waals surface area contributed by atoms with Crippen LogP contribution < -0.4 is 14.9 Å². The number of nitro groups is 2. The van der Waals surface area contributed by atoms with Gasteiger partial charge in [-0.2, -0.15) is 5.10 Å².